The van der Waals surface area contributed by atoms with Crippen molar-refractivity contribution in [1.29, 1.82) is 0 Å². The van der Waals surface area contributed by atoms with E-state index in [4.69, 9.17) is 12.6 Å². The predicted molar refractivity (Wildman–Crippen MR) is 133 cm³/mol. The third-order valence-corrected chi connectivity index (χ3v) is 6.97. The van der Waals surface area contributed by atoms with Gasteiger partial charge in [-0.25, -0.2) is 13.2 Å². The number of ether oxygens (including phenoxy) is 1. The zero-order valence-corrected chi connectivity index (χ0v) is 19.5. The lowest BCUT2D eigenvalue weighted by molar-refractivity contribution is 0.306. The lowest BCUT2D eigenvalue weighted by Crippen LogP contribution is -2.15. The number of benzene rings is 3. The molecule has 0 atom stereocenters. The fourth-order valence-electron chi connectivity index (χ4n) is 5.00. The van der Waals surface area contributed by atoms with Gasteiger partial charge < -0.3 is 4.74 Å². The highest BCUT2D eigenvalue weighted by Gasteiger charge is 2.26. The Morgan fingerprint density at radius 3 is 1.91 bits per heavy atom. The van der Waals surface area contributed by atoms with Crippen LogP contribution >= 0.6 is 0 Å². The van der Waals surface area contributed by atoms with E-state index in [-0.39, 0.29) is 29.3 Å². The molecule has 6 heteroatoms. The minimum Gasteiger partial charge on any atom is -0.500 e. The molecule has 0 N–H and O–H groups in total. The molecule has 0 amide bonds. The summed E-state index contributed by atoms with van der Waals surface area (Å²) in [5.41, 5.74) is 1.45. The molecule has 0 spiro atoms. The standard InChI is InChI=1S/C29H27BF4O/c1-2-3-4-18-5-7-19(8-6-18)22-13-14-23(27(32)26(22)31)20-9-11-21(12-10-20)24-15-16-25(35-17-30)29(34)28(24)33/h2,9-16,18-19H,1,3-8,17H2. The molecular formula is C29H27BF4O. The summed E-state index contributed by atoms with van der Waals surface area (Å²) < 4.78 is 63.7. The van der Waals surface area contributed by atoms with Gasteiger partial charge in [-0.3, -0.25) is 0 Å². The van der Waals surface area contributed by atoms with Crippen molar-refractivity contribution in [2.24, 2.45) is 5.92 Å². The summed E-state index contributed by atoms with van der Waals surface area (Å²) in [7, 11) is 5.22. The van der Waals surface area contributed by atoms with Gasteiger partial charge in [0, 0.05) is 17.6 Å². The molecule has 0 bridgehead atoms. The molecule has 2 radical (unpaired) electrons. The van der Waals surface area contributed by atoms with Gasteiger partial charge in [0.2, 0.25) is 5.82 Å². The molecule has 1 aliphatic rings. The highest BCUT2D eigenvalue weighted by molar-refractivity contribution is 6.08. The molecule has 3 aromatic rings. The Bertz CT molecular complexity index is 1180. The molecule has 35 heavy (non-hydrogen) atoms. The van der Waals surface area contributed by atoms with Crippen LogP contribution in [0.5, 0.6) is 5.75 Å². The van der Waals surface area contributed by atoms with Crippen molar-refractivity contribution in [3.05, 3.63) is 90.0 Å². The maximum atomic E-state index is 15.1. The van der Waals surface area contributed by atoms with E-state index >= 15 is 8.78 Å². The topological polar surface area (TPSA) is 9.23 Å². The normalized spacial score (nSPS) is 17.8. The largest absolute Gasteiger partial charge is 0.500 e. The van der Waals surface area contributed by atoms with Crippen LogP contribution in [0.15, 0.2) is 61.2 Å². The molecule has 1 nitrogen and oxygen atoms in total. The van der Waals surface area contributed by atoms with Crippen molar-refractivity contribution in [3.8, 4) is 28.0 Å². The molecule has 1 fully saturated rings. The van der Waals surface area contributed by atoms with Crippen LogP contribution in [0.2, 0.25) is 0 Å². The highest BCUT2D eigenvalue weighted by Crippen LogP contribution is 2.40. The molecule has 3 aromatic carbocycles. The zero-order chi connectivity index (χ0) is 24.9. The first kappa shape index (κ1) is 25.1. The van der Waals surface area contributed by atoms with Crippen LogP contribution < -0.4 is 4.74 Å². The third-order valence-electron chi connectivity index (χ3n) is 6.97. The number of halogens is 4. The first-order chi connectivity index (χ1) is 16.9. The molecule has 1 saturated carbocycles. The van der Waals surface area contributed by atoms with E-state index in [0.717, 1.165) is 38.5 Å². The van der Waals surface area contributed by atoms with Crippen LogP contribution in [0.1, 0.15) is 50.0 Å². The Hall–Kier alpha value is -3.02. The Labute approximate surface area is 205 Å². The second kappa shape index (κ2) is 11.2. The lowest BCUT2D eigenvalue weighted by atomic mass is 9.77. The number of allylic oxidation sites excluding steroid dienone is 1. The number of hydrogen-bond donors (Lipinski definition) is 0. The number of hydrogen-bond acceptors (Lipinski definition) is 1. The Kier molecular flexibility index (Phi) is 7.99. The summed E-state index contributed by atoms with van der Waals surface area (Å²) in [6, 6.07) is 12.2. The second-order valence-corrected chi connectivity index (χ2v) is 9.04. The third kappa shape index (κ3) is 5.31. The van der Waals surface area contributed by atoms with Crippen molar-refractivity contribution in [3.63, 3.8) is 0 Å². The summed E-state index contributed by atoms with van der Waals surface area (Å²) in [5.74, 6) is -3.51. The Morgan fingerprint density at radius 1 is 0.771 bits per heavy atom. The summed E-state index contributed by atoms with van der Waals surface area (Å²) in [5, 5.41) is 0. The average molecular weight is 478 g/mol. The van der Waals surface area contributed by atoms with Gasteiger partial charge in [-0.1, -0.05) is 42.5 Å². The first-order valence-corrected chi connectivity index (χ1v) is 11.9. The summed E-state index contributed by atoms with van der Waals surface area (Å²) in [6.07, 6.45) is 7.74. The molecule has 0 heterocycles. The van der Waals surface area contributed by atoms with Crippen LogP contribution in [-0.4, -0.2) is 14.4 Å². The van der Waals surface area contributed by atoms with Crippen molar-refractivity contribution < 1.29 is 22.3 Å². The molecule has 0 aromatic heterocycles. The molecule has 0 unspecified atom stereocenters. The maximum Gasteiger partial charge on any atom is 0.201 e. The van der Waals surface area contributed by atoms with Gasteiger partial charge in [0.1, 0.15) is 7.85 Å². The zero-order valence-electron chi connectivity index (χ0n) is 19.5. The van der Waals surface area contributed by atoms with Crippen LogP contribution in [0.3, 0.4) is 0 Å². The fraction of sp³-hybridized carbons (Fsp3) is 0.310. The highest BCUT2D eigenvalue weighted by atomic mass is 19.2. The van der Waals surface area contributed by atoms with Gasteiger partial charge in [0.05, 0.1) is 0 Å². The SMILES string of the molecule is [B]COc1ccc(-c2ccc(-c3ccc(C4CCC(CCC=C)CC4)c(F)c3F)cc2)c(F)c1F. The van der Waals surface area contributed by atoms with E-state index in [1.807, 2.05) is 6.08 Å². The fourth-order valence-corrected chi connectivity index (χ4v) is 5.00. The van der Waals surface area contributed by atoms with E-state index in [0.29, 0.717) is 22.6 Å². The van der Waals surface area contributed by atoms with Crippen LogP contribution in [0, 0.1) is 29.2 Å². The minimum atomic E-state index is -1.13. The van der Waals surface area contributed by atoms with Crippen molar-refractivity contribution in [2.75, 3.05) is 6.51 Å². The monoisotopic (exact) mass is 478 g/mol. The summed E-state index contributed by atoms with van der Waals surface area (Å²) in [4.78, 5) is 0. The molecule has 1 aliphatic carbocycles. The van der Waals surface area contributed by atoms with E-state index in [2.05, 4.69) is 6.58 Å². The quantitative estimate of drug-likeness (QED) is 0.180. The van der Waals surface area contributed by atoms with Crippen molar-refractivity contribution >= 4 is 7.85 Å². The van der Waals surface area contributed by atoms with Gasteiger partial charge in [-0.2, -0.15) is 4.39 Å². The van der Waals surface area contributed by atoms with E-state index in [1.165, 1.54) is 12.1 Å². The van der Waals surface area contributed by atoms with Gasteiger partial charge in [0.25, 0.3) is 0 Å². The van der Waals surface area contributed by atoms with Crippen LogP contribution in [-0.2, 0) is 0 Å². The van der Waals surface area contributed by atoms with Gasteiger partial charge in [0.15, 0.2) is 23.2 Å². The smallest absolute Gasteiger partial charge is 0.201 e. The maximum absolute atomic E-state index is 15.1. The Morgan fingerprint density at radius 2 is 1.34 bits per heavy atom. The van der Waals surface area contributed by atoms with Crippen molar-refractivity contribution in [1.82, 2.24) is 0 Å². The van der Waals surface area contributed by atoms with Crippen LogP contribution in [0.25, 0.3) is 22.3 Å². The molecule has 0 saturated heterocycles. The summed E-state index contributed by atoms with van der Waals surface area (Å²) in [6.45, 7) is 3.49. The lowest BCUT2D eigenvalue weighted by Gasteiger charge is -2.29. The van der Waals surface area contributed by atoms with E-state index in [1.54, 1.807) is 36.4 Å². The van der Waals surface area contributed by atoms with Gasteiger partial charge in [-0.05, 0) is 79.2 Å². The molecule has 4 rings (SSSR count). The van der Waals surface area contributed by atoms with E-state index in [9.17, 15) is 8.78 Å². The van der Waals surface area contributed by atoms with E-state index < -0.39 is 23.3 Å². The summed E-state index contributed by atoms with van der Waals surface area (Å²) >= 11 is 0. The average Bonchev–Trinajstić information content (AvgIpc) is 2.88. The Balaban J connectivity index is 1.53. The number of rotatable bonds is 8. The van der Waals surface area contributed by atoms with Crippen LogP contribution in [0.4, 0.5) is 17.6 Å². The molecule has 0 aliphatic heterocycles. The second-order valence-electron chi connectivity index (χ2n) is 9.04. The molecule has 180 valence electrons. The van der Waals surface area contributed by atoms with Crippen molar-refractivity contribution in [2.45, 2.75) is 44.4 Å². The minimum absolute atomic E-state index is 0.0185. The van der Waals surface area contributed by atoms with Gasteiger partial charge >= 0.3 is 0 Å². The molecular weight excluding hydrogens is 451 g/mol. The predicted octanol–water partition coefficient (Wildman–Crippen LogP) is 8.32. The van der Waals surface area contributed by atoms with Gasteiger partial charge in [-0.15, -0.1) is 6.58 Å². The first-order valence-electron chi connectivity index (χ1n) is 11.9.